The second-order valence-corrected chi connectivity index (χ2v) is 8.11. The molecule has 1 aromatic rings. The Balaban J connectivity index is 1.90. The Morgan fingerprint density at radius 3 is 2.58 bits per heavy atom. The first-order valence-corrected chi connectivity index (χ1v) is 10.0. The fraction of sp³-hybridized carbons (Fsp3) is 0.588. The Morgan fingerprint density at radius 1 is 1.29 bits per heavy atom. The monoisotopic (exact) mass is 354 g/mol. The van der Waals surface area contributed by atoms with Crippen LogP contribution < -0.4 is 10.1 Å². The molecule has 0 spiro atoms. The predicted octanol–water partition coefficient (Wildman–Crippen LogP) is 2.02. The molecule has 1 amide bonds. The fourth-order valence-electron chi connectivity index (χ4n) is 2.83. The maximum atomic E-state index is 12.4. The Bertz CT molecular complexity index is 652. The number of ether oxygens (including phenoxy) is 1. The lowest BCUT2D eigenvalue weighted by Crippen LogP contribution is -2.47. The van der Waals surface area contributed by atoms with Gasteiger partial charge in [0, 0.05) is 19.1 Å². The van der Waals surface area contributed by atoms with Crippen LogP contribution >= 0.6 is 0 Å². The highest BCUT2D eigenvalue weighted by molar-refractivity contribution is 7.89. The molecule has 0 aromatic heterocycles. The molecule has 1 N–H and O–H groups in total. The van der Waals surface area contributed by atoms with Crippen molar-refractivity contribution in [3.8, 4) is 5.75 Å². The van der Waals surface area contributed by atoms with Gasteiger partial charge in [-0.05, 0) is 31.4 Å². The average molecular weight is 354 g/mol. The molecule has 1 aliphatic heterocycles. The van der Waals surface area contributed by atoms with Crippen molar-refractivity contribution in [2.75, 3.05) is 26.0 Å². The summed E-state index contributed by atoms with van der Waals surface area (Å²) in [6.07, 6.45) is 2.82. The van der Waals surface area contributed by atoms with Crippen molar-refractivity contribution in [1.82, 2.24) is 9.62 Å². The van der Waals surface area contributed by atoms with Crippen LogP contribution in [0.5, 0.6) is 5.75 Å². The highest BCUT2D eigenvalue weighted by atomic mass is 32.2. The van der Waals surface area contributed by atoms with Crippen LogP contribution in [0.1, 0.15) is 43.0 Å². The second kappa shape index (κ2) is 8.48. The maximum Gasteiger partial charge on any atom is 0.255 e. The molecule has 0 saturated carbocycles. The summed E-state index contributed by atoms with van der Waals surface area (Å²) in [7, 11) is -1.63. The third-order valence-corrected chi connectivity index (χ3v) is 6.25. The first-order chi connectivity index (χ1) is 11.5. The number of piperidine rings is 1. The van der Waals surface area contributed by atoms with Crippen LogP contribution in [0.15, 0.2) is 24.3 Å². The van der Waals surface area contributed by atoms with Gasteiger partial charge in [-0.2, -0.15) is 0 Å². The molecular formula is C17H26N2O4S. The van der Waals surface area contributed by atoms with Crippen molar-refractivity contribution in [1.29, 1.82) is 0 Å². The largest absolute Gasteiger partial charge is 0.496 e. The van der Waals surface area contributed by atoms with E-state index in [9.17, 15) is 13.2 Å². The molecule has 24 heavy (non-hydrogen) atoms. The highest BCUT2D eigenvalue weighted by Crippen LogP contribution is 2.19. The van der Waals surface area contributed by atoms with E-state index in [-0.39, 0.29) is 17.7 Å². The van der Waals surface area contributed by atoms with E-state index in [0.717, 1.165) is 6.42 Å². The lowest BCUT2D eigenvalue weighted by atomic mass is 10.1. The minimum Gasteiger partial charge on any atom is -0.496 e. The topological polar surface area (TPSA) is 75.7 Å². The lowest BCUT2D eigenvalue weighted by Gasteiger charge is -2.31. The van der Waals surface area contributed by atoms with Crippen molar-refractivity contribution >= 4 is 15.9 Å². The number of carbonyl (C=O) groups is 1. The van der Waals surface area contributed by atoms with E-state index in [2.05, 4.69) is 5.32 Å². The zero-order chi connectivity index (χ0) is 17.6. The number of amides is 1. The summed E-state index contributed by atoms with van der Waals surface area (Å²) < 4.78 is 31.2. The number of nitrogens with zero attached hydrogens (tertiary/aromatic N) is 1. The fourth-order valence-corrected chi connectivity index (χ4v) is 4.51. The number of hydrogen-bond acceptors (Lipinski definition) is 4. The van der Waals surface area contributed by atoms with Gasteiger partial charge in [0.2, 0.25) is 10.0 Å². The SMILES string of the molecule is CCCCS(=O)(=O)N1CCC(NC(=O)c2ccccc2OC)CC1. The molecule has 0 unspecified atom stereocenters. The van der Waals surface area contributed by atoms with E-state index in [1.807, 2.05) is 13.0 Å². The number of methoxy groups -OCH3 is 1. The number of para-hydroxylation sites is 1. The van der Waals surface area contributed by atoms with E-state index in [1.54, 1.807) is 22.5 Å². The van der Waals surface area contributed by atoms with Gasteiger partial charge in [-0.25, -0.2) is 12.7 Å². The zero-order valence-electron chi connectivity index (χ0n) is 14.3. The van der Waals surface area contributed by atoms with Crippen molar-refractivity contribution in [2.24, 2.45) is 0 Å². The molecule has 0 radical (unpaired) electrons. The van der Waals surface area contributed by atoms with E-state index in [0.29, 0.717) is 43.7 Å². The number of nitrogens with one attached hydrogen (secondary N) is 1. The molecule has 1 aromatic carbocycles. The summed E-state index contributed by atoms with van der Waals surface area (Å²) >= 11 is 0. The highest BCUT2D eigenvalue weighted by Gasteiger charge is 2.28. The first-order valence-electron chi connectivity index (χ1n) is 8.39. The van der Waals surface area contributed by atoms with E-state index in [4.69, 9.17) is 4.74 Å². The van der Waals surface area contributed by atoms with Gasteiger partial charge in [0.05, 0.1) is 18.4 Å². The van der Waals surface area contributed by atoms with Gasteiger partial charge < -0.3 is 10.1 Å². The summed E-state index contributed by atoms with van der Waals surface area (Å²) in [5, 5.41) is 2.98. The van der Waals surface area contributed by atoms with E-state index in [1.165, 1.54) is 7.11 Å². The van der Waals surface area contributed by atoms with Crippen LogP contribution in [0.2, 0.25) is 0 Å². The summed E-state index contributed by atoms with van der Waals surface area (Å²) in [6.45, 7) is 2.90. The molecule has 1 aliphatic rings. The Morgan fingerprint density at radius 2 is 1.96 bits per heavy atom. The van der Waals surface area contributed by atoms with Crippen molar-refractivity contribution in [2.45, 2.75) is 38.6 Å². The number of benzene rings is 1. The second-order valence-electron chi connectivity index (χ2n) is 6.02. The molecule has 0 aliphatic carbocycles. The molecule has 1 saturated heterocycles. The van der Waals surface area contributed by atoms with Gasteiger partial charge in [0.25, 0.3) is 5.91 Å². The average Bonchev–Trinajstić information content (AvgIpc) is 2.60. The van der Waals surface area contributed by atoms with Gasteiger partial charge >= 0.3 is 0 Å². The standard InChI is InChI=1S/C17H26N2O4S/c1-3-4-13-24(21,22)19-11-9-14(10-12-19)18-17(20)15-7-5-6-8-16(15)23-2/h5-8,14H,3-4,9-13H2,1-2H3,(H,18,20). The van der Waals surface area contributed by atoms with Crippen LogP contribution in [-0.2, 0) is 10.0 Å². The molecule has 0 atom stereocenters. The van der Waals surface area contributed by atoms with Crippen LogP contribution in [0.25, 0.3) is 0 Å². The number of rotatable bonds is 7. The van der Waals surface area contributed by atoms with Crippen LogP contribution in [-0.4, -0.2) is 50.6 Å². The predicted molar refractivity (Wildman–Crippen MR) is 93.8 cm³/mol. The molecule has 6 nitrogen and oxygen atoms in total. The third-order valence-electron chi connectivity index (χ3n) is 4.29. The number of hydrogen-bond donors (Lipinski definition) is 1. The van der Waals surface area contributed by atoms with E-state index >= 15 is 0 Å². The lowest BCUT2D eigenvalue weighted by molar-refractivity contribution is 0.0921. The summed E-state index contributed by atoms with van der Waals surface area (Å²) in [5.74, 6) is 0.566. The number of sulfonamides is 1. The molecule has 1 fully saturated rings. The normalized spacial score (nSPS) is 16.8. The molecule has 7 heteroatoms. The minimum absolute atomic E-state index is 0.0139. The quantitative estimate of drug-likeness (QED) is 0.813. The first kappa shape index (κ1) is 18.7. The maximum absolute atomic E-state index is 12.4. The van der Waals surface area contributed by atoms with Crippen molar-refractivity contribution in [3.05, 3.63) is 29.8 Å². The zero-order valence-corrected chi connectivity index (χ0v) is 15.1. The van der Waals surface area contributed by atoms with Gasteiger partial charge in [0.1, 0.15) is 5.75 Å². The molecule has 2 rings (SSSR count). The number of unbranched alkanes of at least 4 members (excludes halogenated alkanes) is 1. The third kappa shape index (κ3) is 4.70. The minimum atomic E-state index is -3.16. The smallest absolute Gasteiger partial charge is 0.255 e. The van der Waals surface area contributed by atoms with Crippen LogP contribution in [0, 0.1) is 0 Å². The number of carbonyl (C=O) groups excluding carboxylic acids is 1. The Kier molecular flexibility index (Phi) is 6.62. The van der Waals surface area contributed by atoms with Gasteiger partial charge in [-0.15, -0.1) is 0 Å². The molecule has 134 valence electrons. The van der Waals surface area contributed by atoms with Gasteiger partial charge in [-0.1, -0.05) is 25.5 Å². The van der Waals surface area contributed by atoms with Gasteiger partial charge in [0.15, 0.2) is 0 Å². The molecule has 0 bridgehead atoms. The van der Waals surface area contributed by atoms with Gasteiger partial charge in [-0.3, -0.25) is 4.79 Å². The Labute approximate surface area is 144 Å². The molecule has 1 heterocycles. The van der Waals surface area contributed by atoms with Crippen LogP contribution in [0.4, 0.5) is 0 Å². The van der Waals surface area contributed by atoms with Crippen LogP contribution in [0.3, 0.4) is 0 Å². The summed E-state index contributed by atoms with van der Waals surface area (Å²) in [4.78, 5) is 12.4. The van der Waals surface area contributed by atoms with E-state index < -0.39 is 10.0 Å². The summed E-state index contributed by atoms with van der Waals surface area (Å²) in [6, 6.07) is 7.06. The van der Waals surface area contributed by atoms with Crippen molar-refractivity contribution < 1.29 is 17.9 Å². The summed E-state index contributed by atoms with van der Waals surface area (Å²) in [5.41, 5.74) is 0.498. The van der Waals surface area contributed by atoms with Crippen molar-refractivity contribution in [3.63, 3.8) is 0 Å². The molecular weight excluding hydrogens is 328 g/mol. The Hall–Kier alpha value is -1.60.